The SMILES string of the molecule is C[C@@H]1CCCN(C(=O)CN2C(=O)c3ccccc3CS2(=O)=O)C1. The summed E-state index contributed by atoms with van der Waals surface area (Å²) in [5, 5.41) is 0. The number of amides is 2. The van der Waals surface area contributed by atoms with E-state index in [4.69, 9.17) is 0 Å². The van der Waals surface area contributed by atoms with Crippen LogP contribution in [0, 0.1) is 5.92 Å². The van der Waals surface area contributed by atoms with E-state index >= 15 is 0 Å². The van der Waals surface area contributed by atoms with Crippen LogP contribution >= 0.6 is 0 Å². The van der Waals surface area contributed by atoms with E-state index in [-0.39, 0.29) is 11.7 Å². The molecule has 23 heavy (non-hydrogen) atoms. The summed E-state index contributed by atoms with van der Waals surface area (Å²) in [6.45, 7) is 2.92. The molecule has 1 atom stereocenters. The lowest BCUT2D eigenvalue weighted by molar-refractivity contribution is -0.132. The van der Waals surface area contributed by atoms with Crippen molar-refractivity contribution in [2.45, 2.75) is 25.5 Å². The maximum absolute atomic E-state index is 12.5. The van der Waals surface area contributed by atoms with Crippen LogP contribution in [-0.2, 0) is 20.6 Å². The lowest BCUT2D eigenvalue weighted by Crippen LogP contribution is -2.50. The second-order valence-electron chi connectivity index (χ2n) is 6.31. The number of sulfonamides is 1. The number of carbonyl (C=O) groups excluding carboxylic acids is 2. The quantitative estimate of drug-likeness (QED) is 0.814. The number of likely N-dealkylation sites (tertiary alicyclic amines) is 1. The molecule has 0 unspecified atom stereocenters. The summed E-state index contributed by atoms with van der Waals surface area (Å²) in [7, 11) is -3.80. The van der Waals surface area contributed by atoms with Gasteiger partial charge in [0.15, 0.2) is 0 Å². The number of carbonyl (C=O) groups is 2. The number of hydrogen-bond acceptors (Lipinski definition) is 4. The number of nitrogens with zero attached hydrogens (tertiary/aromatic N) is 2. The molecule has 124 valence electrons. The molecular weight excluding hydrogens is 316 g/mol. The third-order valence-electron chi connectivity index (χ3n) is 4.44. The highest BCUT2D eigenvalue weighted by atomic mass is 32.2. The first-order valence-corrected chi connectivity index (χ1v) is 9.40. The topological polar surface area (TPSA) is 74.8 Å². The molecule has 0 N–H and O–H groups in total. The molecule has 2 aliphatic heterocycles. The number of fused-ring (bicyclic) bond motifs is 1. The van der Waals surface area contributed by atoms with Crippen LogP contribution in [-0.4, -0.2) is 49.1 Å². The molecule has 0 aromatic heterocycles. The van der Waals surface area contributed by atoms with Gasteiger partial charge in [0.1, 0.15) is 6.54 Å². The van der Waals surface area contributed by atoms with Gasteiger partial charge >= 0.3 is 0 Å². The van der Waals surface area contributed by atoms with Gasteiger partial charge in [0.2, 0.25) is 15.9 Å². The van der Waals surface area contributed by atoms with E-state index in [1.54, 1.807) is 29.2 Å². The fourth-order valence-electron chi connectivity index (χ4n) is 3.20. The van der Waals surface area contributed by atoms with Gasteiger partial charge in [-0.05, 0) is 30.4 Å². The van der Waals surface area contributed by atoms with Crippen LogP contribution in [0.15, 0.2) is 24.3 Å². The predicted octanol–water partition coefficient (Wildman–Crippen LogP) is 1.23. The molecule has 2 heterocycles. The standard InChI is InChI=1S/C16H20N2O4S/c1-12-5-4-8-17(9-12)15(19)10-18-16(20)14-7-3-2-6-13(14)11-23(18,21)22/h2-3,6-7,12H,4-5,8-11H2,1H3/t12-/m1/s1. The highest BCUT2D eigenvalue weighted by Gasteiger charge is 2.37. The van der Waals surface area contributed by atoms with Gasteiger partial charge in [-0.25, -0.2) is 12.7 Å². The summed E-state index contributed by atoms with van der Waals surface area (Å²) < 4.78 is 25.5. The number of hydrogen-bond donors (Lipinski definition) is 0. The average molecular weight is 336 g/mol. The van der Waals surface area contributed by atoms with E-state index in [0.29, 0.717) is 30.1 Å². The molecular formula is C16H20N2O4S. The Morgan fingerprint density at radius 2 is 2.04 bits per heavy atom. The molecule has 1 aromatic carbocycles. The number of rotatable bonds is 2. The molecule has 1 fully saturated rings. The van der Waals surface area contributed by atoms with Crippen LogP contribution in [0.1, 0.15) is 35.7 Å². The summed E-state index contributed by atoms with van der Waals surface area (Å²) in [6, 6.07) is 6.64. The Balaban J connectivity index is 1.82. The zero-order chi connectivity index (χ0) is 16.6. The average Bonchev–Trinajstić information content (AvgIpc) is 2.51. The molecule has 3 rings (SSSR count). The van der Waals surface area contributed by atoms with E-state index in [0.717, 1.165) is 17.1 Å². The monoisotopic (exact) mass is 336 g/mol. The highest BCUT2D eigenvalue weighted by molar-refractivity contribution is 7.89. The second-order valence-corrected chi connectivity index (χ2v) is 8.21. The molecule has 0 aliphatic carbocycles. The molecule has 1 saturated heterocycles. The Kier molecular flexibility index (Phi) is 4.14. The minimum absolute atomic E-state index is 0.238. The van der Waals surface area contributed by atoms with Crippen molar-refractivity contribution in [3.05, 3.63) is 35.4 Å². The van der Waals surface area contributed by atoms with Crippen LogP contribution in [0.4, 0.5) is 0 Å². The van der Waals surface area contributed by atoms with Crippen LogP contribution in [0.3, 0.4) is 0 Å². The smallest absolute Gasteiger partial charge is 0.268 e. The van der Waals surface area contributed by atoms with Gasteiger partial charge in [-0.2, -0.15) is 0 Å². The van der Waals surface area contributed by atoms with Crippen molar-refractivity contribution in [3.63, 3.8) is 0 Å². The van der Waals surface area contributed by atoms with Gasteiger partial charge in [-0.15, -0.1) is 0 Å². The number of benzene rings is 1. The molecule has 7 heteroatoms. The Bertz CT molecular complexity index is 744. The van der Waals surface area contributed by atoms with Crippen molar-refractivity contribution in [1.82, 2.24) is 9.21 Å². The first kappa shape index (κ1) is 16.0. The highest BCUT2D eigenvalue weighted by Crippen LogP contribution is 2.25. The lowest BCUT2D eigenvalue weighted by atomic mass is 10.0. The first-order valence-electron chi connectivity index (χ1n) is 7.79. The minimum atomic E-state index is -3.80. The maximum atomic E-state index is 12.5. The Labute approximate surface area is 136 Å². The molecule has 0 spiro atoms. The summed E-state index contributed by atoms with van der Waals surface area (Å²) in [5.74, 6) is -0.737. The number of piperidine rings is 1. The Hall–Kier alpha value is -1.89. The molecule has 0 radical (unpaired) electrons. The predicted molar refractivity (Wildman–Crippen MR) is 85.1 cm³/mol. The Morgan fingerprint density at radius 3 is 2.78 bits per heavy atom. The summed E-state index contributed by atoms with van der Waals surface area (Å²) in [4.78, 5) is 26.6. The second kappa shape index (κ2) is 5.96. The zero-order valence-electron chi connectivity index (χ0n) is 13.1. The van der Waals surface area contributed by atoms with E-state index in [1.807, 2.05) is 0 Å². The molecule has 2 amide bonds. The van der Waals surface area contributed by atoms with Crippen molar-refractivity contribution in [1.29, 1.82) is 0 Å². The van der Waals surface area contributed by atoms with Gasteiger partial charge in [0.25, 0.3) is 5.91 Å². The first-order chi connectivity index (χ1) is 10.9. The van der Waals surface area contributed by atoms with Crippen molar-refractivity contribution in [2.75, 3.05) is 19.6 Å². The molecule has 1 aromatic rings. The fraction of sp³-hybridized carbons (Fsp3) is 0.500. The summed E-state index contributed by atoms with van der Waals surface area (Å²) in [5.41, 5.74) is 0.856. The van der Waals surface area contributed by atoms with Gasteiger partial charge < -0.3 is 4.90 Å². The van der Waals surface area contributed by atoms with Crippen molar-refractivity contribution in [3.8, 4) is 0 Å². The fourth-order valence-corrected chi connectivity index (χ4v) is 4.66. The third kappa shape index (κ3) is 3.10. The molecule has 6 nitrogen and oxygen atoms in total. The molecule has 0 saturated carbocycles. The van der Waals surface area contributed by atoms with Crippen molar-refractivity contribution < 1.29 is 18.0 Å². The van der Waals surface area contributed by atoms with Gasteiger partial charge in [-0.1, -0.05) is 25.1 Å². The summed E-state index contributed by atoms with van der Waals surface area (Å²) in [6.07, 6.45) is 1.98. The van der Waals surface area contributed by atoms with Gasteiger partial charge in [-0.3, -0.25) is 9.59 Å². The normalized spacial score (nSPS) is 23.5. The molecule has 2 aliphatic rings. The van der Waals surface area contributed by atoms with Crippen molar-refractivity contribution in [2.24, 2.45) is 5.92 Å². The van der Waals surface area contributed by atoms with Crippen LogP contribution < -0.4 is 0 Å². The lowest BCUT2D eigenvalue weighted by Gasteiger charge is -2.33. The van der Waals surface area contributed by atoms with Crippen LogP contribution in [0.25, 0.3) is 0 Å². The van der Waals surface area contributed by atoms with E-state index in [2.05, 4.69) is 6.92 Å². The van der Waals surface area contributed by atoms with Crippen molar-refractivity contribution >= 4 is 21.8 Å². The minimum Gasteiger partial charge on any atom is -0.341 e. The third-order valence-corrected chi connectivity index (χ3v) is 6.08. The van der Waals surface area contributed by atoms with E-state index < -0.39 is 22.5 Å². The van der Waals surface area contributed by atoms with Crippen LogP contribution in [0.2, 0.25) is 0 Å². The molecule has 0 bridgehead atoms. The maximum Gasteiger partial charge on any atom is 0.268 e. The zero-order valence-corrected chi connectivity index (χ0v) is 13.9. The largest absolute Gasteiger partial charge is 0.341 e. The van der Waals surface area contributed by atoms with E-state index in [1.165, 1.54) is 0 Å². The van der Waals surface area contributed by atoms with Gasteiger partial charge in [0, 0.05) is 18.7 Å². The van der Waals surface area contributed by atoms with Gasteiger partial charge in [0.05, 0.1) is 5.75 Å². The summed E-state index contributed by atoms with van der Waals surface area (Å²) >= 11 is 0. The van der Waals surface area contributed by atoms with E-state index in [9.17, 15) is 18.0 Å². The Morgan fingerprint density at radius 1 is 1.30 bits per heavy atom. The van der Waals surface area contributed by atoms with Crippen LogP contribution in [0.5, 0.6) is 0 Å².